The van der Waals surface area contributed by atoms with Gasteiger partial charge in [0, 0.05) is 19.3 Å². The lowest BCUT2D eigenvalue weighted by molar-refractivity contribution is -0.167. The highest BCUT2D eigenvalue weighted by atomic mass is 16.6. The van der Waals surface area contributed by atoms with Gasteiger partial charge in [0.25, 0.3) is 0 Å². The van der Waals surface area contributed by atoms with Crippen molar-refractivity contribution in [3.05, 3.63) is 85.1 Å². The molecule has 58 heavy (non-hydrogen) atoms. The molecule has 0 saturated carbocycles. The molecule has 0 N–H and O–H groups in total. The number of unbranched alkanes of at least 4 members (excludes halogenated alkanes) is 20. The summed E-state index contributed by atoms with van der Waals surface area (Å²) >= 11 is 0. The van der Waals surface area contributed by atoms with Crippen LogP contribution in [0.25, 0.3) is 0 Å². The third kappa shape index (κ3) is 43.7. The van der Waals surface area contributed by atoms with Crippen LogP contribution in [0.2, 0.25) is 0 Å². The van der Waals surface area contributed by atoms with Crippen LogP contribution in [0.1, 0.15) is 207 Å². The van der Waals surface area contributed by atoms with E-state index in [0.717, 1.165) is 77.0 Å². The third-order valence-corrected chi connectivity index (χ3v) is 9.73. The molecule has 0 amide bonds. The maximum atomic E-state index is 12.7. The number of hydrogen-bond acceptors (Lipinski definition) is 6. The quantitative estimate of drug-likeness (QED) is 0.0201. The summed E-state index contributed by atoms with van der Waals surface area (Å²) < 4.78 is 16.6. The number of carbonyl (C=O) groups is 3. The Morgan fingerprint density at radius 1 is 0.362 bits per heavy atom. The Morgan fingerprint density at radius 3 is 1.22 bits per heavy atom. The standard InChI is InChI=1S/C52H86O6/c1-4-7-10-13-16-19-21-23-24-25-26-27-29-30-33-36-39-42-45-51(54)57-48-49(47-56-50(53)44-41-38-35-32-18-15-12-9-6-3)58-52(55)46-43-40-37-34-31-28-22-20-17-14-11-8-5-2/h8,11,14,17,20,22,24-28,31-32,35,49H,4-7,9-10,12-13,15-16,18-19,21,23,29-30,33-34,36-48H2,1-3H3/b11-8-,17-14-,22-20-,25-24-,27-26-,31-28-,35-32-. The first-order valence-electron chi connectivity index (χ1n) is 23.7. The van der Waals surface area contributed by atoms with Gasteiger partial charge in [0.05, 0.1) is 0 Å². The molecule has 0 heterocycles. The van der Waals surface area contributed by atoms with E-state index in [-0.39, 0.29) is 37.5 Å². The van der Waals surface area contributed by atoms with Crippen LogP contribution in [-0.4, -0.2) is 37.2 Å². The molecule has 0 radical (unpaired) electrons. The molecule has 0 aromatic carbocycles. The molecular formula is C52H86O6. The summed E-state index contributed by atoms with van der Waals surface area (Å²) in [6, 6.07) is 0. The number of esters is 3. The lowest BCUT2D eigenvalue weighted by atomic mass is 10.1. The summed E-state index contributed by atoms with van der Waals surface area (Å²) in [5.74, 6) is -1.01. The van der Waals surface area contributed by atoms with Crippen molar-refractivity contribution in [2.45, 2.75) is 213 Å². The first-order chi connectivity index (χ1) is 28.5. The Kier molecular flexibility index (Phi) is 43.6. The van der Waals surface area contributed by atoms with Crippen LogP contribution in [0.3, 0.4) is 0 Å². The average molecular weight is 807 g/mol. The third-order valence-electron chi connectivity index (χ3n) is 9.73. The lowest BCUT2D eigenvalue weighted by Gasteiger charge is -2.18. The van der Waals surface area contributed by atoms with Gasteiger partial charge in [0.2, 0.25) is 0 Å². The van der Waals surface area contributed by atoms with Crippen molar-refractivity contribution in [3.63, 3.8) is 0 Å². The van der Waals surface area contributed by atoms with Crippen LogP contribution in [0.5, 0.6) is 0 Å². The minimum atomic E-state index is -0.812. The molecule has 1 unspecified atom stereocenters. The van der Waals surface area contributed by atoms with E-state index in [0.29, 0.717) is 25.7 Å². The van der Waals surface area contributed by atoms with Crippen LogP contribution in [0.4, 0.5) is 0 Å². The van der Waals surface area contributed by atoms with E-state index in [1.54, 1.807) is 0 Å². The Balaban J connectivity index is 4.44. The van der Waals surface area contributed by atoms with Gasteiger partial charge in [-0.15, -0.1) is 0 Å². The average Bonchev–Trinajstić information content (AvgIpc) is 3.22. The summed E-state index contributed by atoms with van der Waals surface area (Å²) in [6.07, 6.45) is 58.7. The maximum Gasteiger partial charge on any atom is 0.306 e. The summed E-state index contributed by atoms with van der Waals surface area (Å²) in [6.45, 7) is 6.36. The topological polar surface area (TPSA) is 78.9 Å². The molecule has 6 nitrogen and oxygen atoms in total. The van der Waals surface area contributed by atoms with Gasteiger partial charge in [0.1, 0.15) is 13.2 Å². The molecule has 0 aliphatic heterocycles. The van der Waals surface area contributed by atoms with Crippen molar-refractivity contribution in [1.82, 2.24) is 0 Å². The van der Waals surface area contributed by atoms with E-state index in [4.69, 9.17) is 14.2 Å². The fourth-order valence-corrected chi connectivity index (χ4v) is 6.15. The second-order valence-electron chi connectivity index (χ2n) is 15.4. The maximum absolute atomic E-state index is 12.7. The van der Waals surface area contributed by atoms with E-state index in [1.165, 1.54) is 77.0 Å². The van der Waals surface area contributed by atoms with E-state index < -0.39 is 6.10 Å². The van der Waals surface area contributed by atoms with Gasteiger partial charge in [-0.25, -0.2) is 0 Å². The monoisotopic (exact) mass is 807 g/mol. The predicted octanol–water partition coefficient (Wildman–Crippen LogP) is 15.3. The Morgan fingerprint density at radius 2 is 0.707 bits per heavy atom. The Labute approximate surface area is 356 Å². The Bertz CT molecular complexity index is 1160. The zero-order valence-corrected chi connectivity index (χ0v) is 37.5. The lowest BCUT2D eigenvalue weighted by Crippen LogP contribution is -2.30. The molecule has 0 aliphatic rings. The van der Waals surface area contributed by atoms with Crippen LogP contribution in [-0.2, 0) is 28.6 Å². The van der Waals surface area contributed by atoms with Crippen LogP contribution >= 0.6 is 0 Å². The number of allylic oxidation sites excluding steroid dienone is 14. The molecule has 0 aromatic heterocycles. The zero-order valence-electron chi connectivity index (χ0n) is 37.5. The normalized spacial score (nSPS) is 12.8. The highest BCUT2D eigenvalue weighted by molar-refractivity contribution is 5.71. The van der Waals surface area contributed by atoms with Gasteiger partial charge in [-0.2, -0.15) is 0 Å². The summed E-state index contributed by atoms with van der Waals surface area (Å²) in [7, 11) is 0. The van der Waals surface area contributed by atoms with E-state index in [1.807, 2.05) is 36.5 Å². The summed E-state index contributed by atoms with van der Waals surface area (Å²) in [4.78, 5) is 37.7. The molecular weight excluding hydrogens is 721 g/mol. The number of hydrogen-bond donors (Lipinski definition) is 0. The van der Waals surface area contributed by atoms with E-state index >= 15 is 0 Å². The molecule has 0 fully saturated rings. The van der Waals surface area contributed by atoms with Gasteiger partial charge >= 0.3 is 17.9 Å². The van der Waals surface area contributed by atoms with Crippen molar-refractivity contribution >= 4 is 17.9 Å². The molecule has 0 aromatic rings. The van der Waals surface area contributed by atoms with Crippen molar-refractivity contribution in [3.8, 4) is 0 Å². The molecule has 0 spiro atoms. The van der Waals surface area contributed by atoms with Crippen LogP contribution in [0.15, 0.2) is 85.1 Å². The van der Waals surface area contributed by atoms with Gasteiger partial charge in [-0.3, -0.25) is 14.4 Å². The minimum absolute atomic E-state index is 0.110. The molecule has 0 rings (SSSR count). The molecule has 0 saturated heterocycles. The van der Waals surface area contributed by atoms with Crippen molar-refractivity contribution in [2.75, 3.05) is 13.2 Å². The highest BCUT2D eigenvalue weighted by Crippen LogP contribution is 2.12. The first-order valence-corrected chi connectivity index (χ1v) is 23.7. The largest absolute Gasteiger partial charge is 0.462 e. The van der Waals surface area contributed by atoms with Gasteiger partial charge in [-0.1, -0.05) is 189 Å². The van der Waals surface area contributed by atoms with Crippen molar-refractivity contribution < 1.29 is 28.6 Å². The van der Waals surface area contributed by atoms with Crippen molar-refractivity contribution in [2.24, 2.45) is 0 Å². The van der Waals surface area contributed by atoms with Gasteiger partial charge < -0.3 is 14.2 Å². The molecule has 330 valence electrons. The first kappa shape index (κ1) is 54.6. The van der Waals surface area contributed by atoms with E-state index in [9.17, 15) is 14.4 Å². The highest BCUT2D eigenvalue weighted by Gasteiger charge is 2.19. The van der Waals surface area contributed by atoms with E-state index in [2.05, 4.69) is 69.4 Å². The predicted molar refractivity (Wildman–Crippen MR) is 247 cm³/mol. The fourth-order valence-electron chi connectivity index (χ4n) is 6.15. The Hall–Kier alpha value is -3.41. The van der Waals surface area contributed by atoms with Crippen LogP contribution < -0.4 is 0 Å². The second-order valence-corrected chi connectivity index (χ2v) is 15.4. The molecule has 0 bridgehead atoms. The van der Waals surface area contributed by atoms with Crippen LogP contribution in [0, 0.1) is 0 Å². The minimum Gasteiger partial charge on any atom is -0.462 e. The zero-order chi connectivity index (χ0) is 42.3. The molecule has 1 atom stereocenters. The second kappa shape index (κ2) is 46.3. The smallest absolute Gasteiger partial charge is 0.306 e. The number of rotatable bonds is 41. The number of ether oxygens (including phenoxy) is 3. The molecule has 0 aliphatic carbocycles. The fraction of sp³-hybridized carbons (Fsp3) is 0.673. The SMILES string of the molecule is CC\C=C/C=C\C=C/C=C\CCCCCC(=O)OC(COC(=O)CCC/C=C\CCCCCC)COC(=O)CCCCCCC/C=C\C=C/CCCCCCCCC. The van der Waals surface area contributed by atoms with Gasteiger partial charge in [-0.05, 0) is 83.5 Å². The summed E-state index contributed by atoms with van der Waals surface area (Å²) in [5.41, 5.74) is 0. The summed E-state index contributed by atoms with van der Waals surface area (Å²) in [5, 5.41) is 0. The molecule has 6 heteroatoms. The van der Waals surface area contributed by atoms with Gasteiger partial charge in [0.15, 0.2) is 6.10 Å². The van der Waals surface area contributed by atoms with Crippen molar-refractivity contribution in [1.29, 1.82) is 0 Å². The number of carbonyl (C=O) groups excluding carboxylic acids is 3.